The number of aromatic nitrogens is 4. The second-order valence-electron chi connectivity index (χ2n) is 9.20. The zero-order chi connectivity index (χ0) is 28.5. The highest BCUT2D eigenvalue weighted by atomic mass is 15.2. The molecule has 0 bridgehead atoms. The molecule has 190 valence electrons. The first kappa shape index (κ1) is 24.8. The summed E-state index contributed by atoms with van der Waals surface area (Å²) in [5.41, 5.74) is 5.03. The maximum Gasteiger partial charge on any atom is 0.184 e. The van der Waals surface area contributed by atoms with E-state index in [0.29, 0.717) is 45.0 Å². The Morgan fingerprint density at radius 1 is 0.659 bits per heavy atom. The Morgan fingerprint density at radius 3 is 1.71 bits per heavy atom. The molecule has 0 atom stereocenters. The first-order valence-electron chi connectivity index (χ1n) is 12.6. The standard InChI is InChI=1S/C33H18N8/c1-40-31(21-10-4-2-5-11-21)39-33-32(40)38-28(41(33)24-12-6-3-7-13-24)16-27-29(22(17-34)18-35)25-14-8-9-15-26(25)30(27)23(19-36)20-37/h2-16H,1H3. The molecule has 0 saturated carbocycles. The van der Waals surface area contributed by atoms with Crippen LogP contribution in [-0.2, 0) is 7.05 Å². The Hall–Kier alpha value is -6.48. The van der Waals surface area contributed by atoms with Gasteiger partial charge in [0.15, 0.2) is 11.3 Å². The number of hydrogen-bond donors (Lipinski definition) is 0. The van der Waals surface area contributed by atoms with Crippen molar-refractivity contribution in [1.82, 2.24) is 19.1 Å². The summed E-state index contributed by atoms with van der Waals surface area (Å²) < 4.78 is 3.80. The summed E-state index contributed by atoms with van der Waals surface area (Å²) in [6.07, 6.45) is 1.73. The first-order valence-corrected chi connectivity index (χ1v) is 12.6. The van der Waals surface area contributed by atoms with E-state index in [2.05, 4.69) is 0 Å². The first-order chi connectivity index (χ1) is 20.1. The SMILES string of the molecule is Cn1c(-c2ccccc2)nc2c1nc(C=C1C(=C(C#N)C#N)c3ccccc3C1=C(C#N)C#N)n2-c1ccccc1. The van der Waals surface area contributed by atoms with Gasteiger partial charge in [-0.25, -0.2) is 9.97 Å². The van der Waals surface area contributed by atoms with Crippen molar-refractivity contribution < 1.29 is 0 Å². The third-order valence-corrected chi connectivity index (χ3v) is 6.98. The van der Waals surface area contributed by atoms with Crippen LogP contribution in [0.2, 0.25) is 0 Å². The van der Waals surface area contributed by atoms with Crippen LogP contribution in [0.3, 0.4) is 0 Å². The van der Waals surface area contributed by atoms with Gasteiger partial charge in [0.25, 0.3) is 0 Å². The maximum atomic E-state index is 9.89. The molecule has 8 nitrogen and oxygen atoms in total. The maximum absolute atomic E-state index is 9.89. The Bertz CT molecular complexity index is 2030. The number of nitrogens with zero attached hydrogens (tertiary/aromatic N) is 8. The zero-order valence-electron chi connectivity index (χ0n) is 21.7. The lowest BCUT2D eigenvalue weighted by atomic mass is 9.96. The highest BCUT2D eigenvalue weighted by molar-refractivity contribution is 6.15. The highest BCUT2D eigenvalue weighted by Crippen LogP contribution is 2.48. The molecule has 0 fully saturated rings. The van der Waals surface area contributed by atoms with Crippen LogP contribution in [0.5, 0.6) is 0 Å². The molecule has 1 aliphatic rings. The number of nitriles is 4. The van der Waals surface area contributed by atoms with Gasteiger partial charge in [0, 0.05) is 29.4 Å². The average molecular weight is 527 g/mol. The predicted molar refractivity (Wildman–Crippen MR) is 154 cm³/mol. The van der Waals surface area contributed by atoms with Crippen LogP contribution >= 0.6 is 0 Å². The van der Waals surface area contributed by atoms with Crippen molar-refractivity contribution in [3.8, 4) is 41.4 Å². The summed E-state index contributed by atoms with van der Waals surface area (Å²) in [5, 5.41) is 39.5. The fraction of sp³-hybridized carbons (Fsp3) is 0.0303. The Kier molecular flexibility index (Phi) is 6.06. The molecule has 0 unspecified atom stereocenters. The van der Waals surface area contributed by atoms with Gasteiger partial charge in [0.2, 0.25) is 0 Å². The molecule has 2 aromatic heterocycles. The third-order valence-electron chi connectivity index (χ3n) is 6.98. The molecular weight excluding hydrogens is 508 g/mol. The second kappa shape index (κ2) is 10.0. The normalized spacial score (nSPS) is 11.8. The van der Waals surface area contributed by atoms with Crippen LogP contribution in [-0.4, -0.2) is 19.1 Å². The Morgan fingerprint density at radius 2 is 1.17 bits per heavy atom. The summed E-state index contributed by atoms with van der Waals surface area (Å²) in [5.74, 6) is 1.21. The summed E-state index contributed by atoms with van der Waals surface area (Å²) in [4.78, 5) is 9.93. The molecule has 0 saturated heterocycles. The number of fused-ring (bicyclic) bond motifs is 2. The van der Waals surface area contributed by atoms with Crippen LogP contribution in [0.25, 0.3) is 45.6 Å². The van der Waals surface area contributed by atoms with Crippen LogP contribution in [0.15, 0.2) is 102 Å². The van der Waals surface area contributed by atoms with Crippen molar-refractivity contribution in [2.45, 2.75) is 0 Å². The lowest BCUT2D eigenvalue weighted by Crippen LogP contribution is -2.00. The van der Waals surface area contributed by atoms with Crippen molar-refractivity contribution in [2.75, 3.05) is 0 Å². The number of allylic oxidation sites excluding steroid dienone is 5. The van der Waals surface area contributed by atoms with E-state index in [1.165, 1.54) is 0 Å². The number of benzene rings is 3. The lowest BCUT2D eigenvalue weighted by Gasteiger charge is -2.09. The smallest absolute Gasteiger partial charge is 0.184 e. The molecule has 0 amide bonds. The van der Waals surface area contributed by atoms with E-state index in [1.54, 1.807) is 30.3 Å². The summed E-state index contributed by atoms with van der Waals surface area (Å²) in [6, 6.07) is 34.5. The van der Waals surface area contributed by atoms with E-state index in [1.807, 2.05) is 101 Å². The molecule has 8 heteroatoms. The van der Waals surface area contributed by atoms with Gasteiger partial charge in [-0.05, 0) is 34.9 Å². The minimum atomic E-state index is -0.124. The van der Waals surface area contributed by atoms with Crippen LogP contribution in [0, 0.1) is 45.3 Å². The molecule has 0 radical (unpaired) electrons. The molecular formula is C33H18N8. The summed E-state index contributed by atoms with van der Waals surface area (Å²) in [6.45, 7) is 0. The molecule has 2 heterocycles. The number of hydrogen-bond acceptors (Lipinski definition) is 6. The van der Waals surface area contributed by atoms with Gasteiger partial charge in [-0.15, -0.1) is 0 Å². The van der Waals surface area contributed by atoms with E-state index in [4.69, 9.17) is 9.97 Å². The number of aryl methyl sites for hydroxylation is 1. The minimum Gasteiger partial charge on any atom is -0.310 e. The van der Waals surface area contributed by atoms with Gasteiger partial charge >= 0.3 is 0 Å². The van der Waals surface area contributed by atoms with Crippen LogP contribution < -0.4 is 0 Å². The van der Waals surface area contributed by atoms with Gasteiger partial charge < -0.3 is 4.57 Å². The molecule has 3 aromatic carbocycles. The summed E-state index contributed by atoms with van der Waals surface area (Å²) in [7, 11) is 1.89. The topological polar surface area (TPSA) is 131 Å². The van der Waals surface area contributed by atoms with E-state index in [9.17, 15) is 21.0 Å². The molecule has 0 aliphatic heterocycles. The van der Waals surface area contributed by atoms with Crippen LogP contribution in [0.4, 0.5) is 0 Å². The molecule has 41 heavy (non-hydrogen) atoms. The van der Waals surface area contributed by atoms with Gasteiger partial charge in [-0.3, -0.25) is 4.57 Å². The van der Waals surface area contributed by atoms with Gasteiger partial charge in [0.1, 0.15) is 47.1 Å². The van der Waals surface area contributed by atoms with E-state index in [-0.39, 0.29) is 11.1 Å². The third kappa shape index (κ3) is 3.89. The highest BCUT2D eigenvalue weighted by Gasteiger charge is 2.33. The fourth-order valence-corrected chi connectivity index (χ4v) is 5.21. The van der Waals surface area contributed by atoms with Crippen molar-refractivity contribution in [3.63, 3.8) is 0 Å². The number of rotatable bonds is 3. The van der Waals surface area contributed by atoms with Crippen molar-refractivity contribution in [1.29, 1.82) is 21.0 Å². The monoisotopic (exact) mass is 526 g/mol. The molecule has 6 rings (SSSR count). The van der Waals surface area contributed by atoms with E-state index < -0.39 is 0 Å². The van der Waals surface area contributed by atoms with Crippen molar-refractivity contribution in [2.24, 2.45) is 7.05 Å². The number of para-hydroxylation sites is 1. The van der Waals surface area contributed by atoms with Crippen molar-refractivity contribution >= 4 is 28.5 Å². The molecule has 0 N–H and O–H groups in total. The largest absolute Gasteiger partial charge is 0.310 e. The summed E-state index contributed by atoms with van der Waals surface area (Å²) >= 11 is 0. The lowest BCUT2D eigenvalue weighted by molar-refractivity contribution is 0.933. The predicted octanol–water partition coefficient (Wildman–Crippen LogP) is 6.12. The number of imidazole rings is 2. The zero-order valence-corrected chi connectivity index (χ0v) is 21.7. The Balaban J connectivity index is 1.72. The quantitative estimate of drug-likeness (QED) is 0.260. The average Bonchev–Trinajstić information content (AvgIpc) is 3.64. The van der Waals surface area contributed by atoms with E-state index >= 15 is 0 Å². The van der Waals surface area contributed by atoms with Crippen LogP contribution in [0.1, 0.15) is 17.0 Å². The Labute approximate surface area is 235 Å². The molecule has 1 aliphatic carbocycles. The fourth-order valence-electron chi connectivity index (χ4n) is 5.21. The van der Waals surface area contributed by atoms with Crippen molar-refractivity contribution in [3.05, 3.63) is 119 Å². The van der Waals surface area contributed by atoms with Gasteiger partial charge in [-0.2, -0.15) is 21.0 Å². The minimum absolute atomic E-state index is 0.124. The second-order valence-corrected chi connectivity index (χ2v) is 9.20. The molecule has 5 aromatic rings. The van der Waals surface area contributed by atoms with Gasteiger partial charge in [0.05, 0.1) is 0 Å². The molecule has 0 spiro atoms. The van der Waals surface area contributed by atoms with Gasteiger partial charge in [-0.1, -0.05) is 72.8 Å². The van der Waals surface area contributed by atoms with E-state index in [0.717, 1.165) is 17.1 Å².